The molecule has 8 nitrogen and oxygen atoms in total. The maximum absolute atomic E-state index is 12.9. The van der Waals surface area contributed by atoms with Gasteiger partial charge < -0.3 is 20.5 Å². The molecule has 1 aromatic heterocycles. The summed E-state index contributed by atoms with van der Waals surface area (Å²) in [7, 11) is 0. The Morgan fingerprint density at radius 1 is 1.06 bits per heavy atom. The number of nitrogens with zero attached hydrogens (tertiary/aromatic N) is 2. The standard InChI is InChI=1S/C23H22N4O4/c1-23(2)22(29)27(21-18(31-23)12-13-19(24)26-21)14-20(28)25-15-8-10-17(11-9-15)30-16-6-4-3-5-7-16/h3-13H,14H2,1-2H3,(H2,24,26)(H,25,28). The van der Waals surface area contributed by atoms with E-state index in [9.17, 15) is 9.59 Å². The zero-order valence-electron chi connectivity index (χ0n) is 17.2. The molecule has 158 valence electrons. The van der Waals surface area contributed by atoms with Crippen LogP contribution in [0.25, 0.3) is 0 Å². The molecule has 8 heteroatoms. The zero-order chi connectivity index (χ0) is 22.0. The van der Waals surface area contributed by atoms with Crippen molar-refractivity contribution in [2.75, 3.05) is 22.5 Å². The van der Waals surface area contributed by atoms with Gasteiger partial charge in [-0.1, -0.05) is 18.2 Å². The normalized spacial score (nSPS) is 14.4. The minimum absolute atomic E-state index is 0.225. The van der Waals surface area contributed by atoms with E-state index < -0.39 is 5.60 Å². The summed E-state index contributed by atoms with van der Waals surface area (Å²) in [4.78, 5) is 31.0. The van der Waals surface area contributed by atoms with Gasteiger partial charge in [-0.25, -0.2) is 4.98 Å². The lowest BCUT2D eigenvalue weighted by Crippen LogP contribution is -2.54. The molecule has 0 saturated heterocycles. The molecule has 0 atom stereocenters. The number of carbonyl (C=O) groups excluding carboxylic acids is 2. The molecule has 31 heavy (non-hydrogen) atoms. The van der Waals surface area contributed by atoms with E-state index in [1.54, 1.807) is 50.2 Å². The molecule has 0 radical (unpaired) electrons. The molecule has 1 aliphatic rings. The Morgan fingerprint density at radius 2 is 1.74 bits per heavy atom. The first kappa shape index (κ1) is 20.2. The Labute approximate surface area is 179 Å². The van der Waals surface area contributed by atoms with Crippen LogP contribution >= 0.6 is 0 Å². The summed E-state index contributed by atoms with van der Waals surface area (Å²) in [6, 6.07) is 19.6. The van der Waals surface area contributed by atoms with Gasteiger partial charge in [-0.05, 0) is 62.4 Å². The lowest BCUT2D eigenvalue weighted by Gasteiger charge is -2.37. The second kappa shape index (κ2) is 7.98. The zero-order valence-corrected chi connectivity index (χ0v) is 17.2. The van der Waals surface area contributed by atoms with Gasteiger partial charge in [0.15, 0.2) is 17.2 Å². The van der Waals surface area contributed by atoms with E-state index in [2.05, 4.69) is 10.3 Å². The molecule has 2 amide bonds. The molecule has 0 aliphatic carbocycles. The van der Waals surface area contributed by atoms with E-state index in [0.29, 0.717) is 17.2 Å². The Balaban J connectivity index is 1.46. The van der Waals surface area contributed by atoms with Crippen LogP contribution in [0.2, 0.25) is 0 Å². The summed E-state index contributed by atoms with van der Waals surface area (Å²) in [5, 5.41) is 2.79. The van der Waals surface area contributed by atoms with Gasteiger partial charge in [0.2, 0.25) is 5.91 Å². The second-order valence-corrected chi connectivity index (χ2v) is 7.55. The number of nitrogen functional groups attached to an aromatic ring is 1. The fraction of sp³-hybridized carbons (Fsp3) is 0.174. The monoisotopic (exact) mass is 418 g/mol. The topological polar surface area (TPSA) is 107 Å². The predicted octanol–water partition coefficient (Wildman–Crippen LogP) is 3.60. The van der Waals surface area contributed by atoms with Crippen LogP contribution in [-0.4, -0.2) is 28.9 Å². The van der Waals surface area contributed by atoms with Gasteiger partial charge in [0, 0.05) is 5.69 Å². The van der Waals surface area contributed by atoms with Crippen LogP contribution in [0.5, 0.6) is 17.2 Å². The number of carbonyl (C=O) groups is 2. The van der Waals surface area contributed by atoms with Crippen molar-refractivity contribution in [3.8, 4) is 17.2 Å². The third-order valence-corrected chi connectivity index (χ3v) is 4.66. The van der Waals surface area contributed by atoms with E-state index >= 15 is 0 Å². The predicted molar refractivity (Wildman–Crippen MR) is 117 cm³/mol. The minimum Gasteiger partial charge on any atom is -0.474 e. The van der Waals surface area contributed by atoms with E-state index in [4.69, 9.17) is 15.2 Å². The number of nitrogens with two attached hydrogens (primary N) is 1. The lowest BCUT2D eigenvalue weighted by molar-refractivity contribution is -0.133. The molecule has 0 unspecified atom stereocenters. The van der Waals surface area contributed by atoms with E-state index in [1.165, 1.54) is 4.90 Å². The van der Waals surface area contributed by atoms with Crippen molar-refractivity contribution in [2.45, 2.75) is 19.4 Å². The number of nitrogens with one attached hydrogen (secondary N) is 1. The molecule has 3 N–H and O–H groups in total. The van der Waals surface area contributed by atoms with Crippen LogP contribution in [0.15, 0.2) is 66.7 Å². The van der Waals surface area contributed by atoms with Crippen LogP contribution in [0.4, 0.5) is 17.3 Å². The molecule has 2 heterocycles. The highest BCUT2D eigenvalue weighted by Crippen LogP contribution is 2.36. The number of benzene rings is 2. The Bertz CT molecular complexity index is 1110. The molecule has 1 aliphatic heterocycles. The number of aromatic nitrogens is 1. The summed E-state index contributed by atoms with van der Waals surface area (Å²) in [6.45, 7) is 3.06. The molecule has 0 saturated carbocycles. The van der Waals surface area contributed by atoms with Crippen molar-refractivity contribution in [3.05, 3.63) is 66.7 Å². The summed E-state index contributed by atoms with van der Waals surface area (Å²) in [5.41, 5.74) is 5.22. The van der Waals surface area contributed by atoms with Crippen LogP contribution in [0.1, 0.15) is 13.8 Å². The number of fused-ring (bicyclic) bond motifs is 1. The second-order valence-electron chi connectivity index (χ2n) is 7.55. The number of anilines is 3. The first-order valence-corrected chi connectivity index (χ1v) is 9.72. The lowest BCUT2D eigenvalue weighted by atomic mass is 10.1. The highest BCUT2D eigenvalue weighted by molar-refractivity contribution is 6.07. The number of rotatable bonds is 5. The summed E-state index contributed by atoms with van der Waals surface area (Å²) < 4.78 is 11.5. The van der Waals surface area contributed by atoms with Crippen molar-refractivity contribution in [1.82, 2.24) is 4.98 Å². The molecule has 0 spiro atoms. The average molecular weight is 418 g/mol. The van der Waals surface area contributed by atoms with Crippen LogP contribution in [0.3, 0.4) is 0 Å². The van der Waals surface area contributed by atoms with Gasteiger partial charge in [0.1, 0.15) is 23.9 Å². The first-order valence-electron chi connectivity index (χ1n) is 9.72. The average Bonchev–Trinajstić information content (AvgIpc) is 2.74. The number of amides is 2. The maximum atomic E-state index is 12.9. The fourth-order valence-corrected chi connectivity index (χ4v) is 3.18. The van der Waals surface area contributed by atoms with Crippen molar-refractivity contribution in [3.63, 3.8) is 0 Å². The third kappa shape index (κ3) is 4.42. The van der Waals surface area contributed by atoms with Crippen molar-refractivity contribution < 1.29 is 19.1 Å². The number of hydrogen-bond acceptors (Lipinski definition) is 6. The van der Waals surface area contributed by atoms with Crippen LogP contribution in [0, 0.1) is 0 Å². The van der Waals surface area contributed by atoms with Gasteiger partial charge in [-0.3, -0.25) is 14.5 Å². The number of pyridine rings is 1. The SMILES string of the molecule is CC1(C)Oc2ccc(N)nc2N(CC(=O)Nc2ccc(Oc3ccccc3)cc2)C1=O. The summed E-state index contributed by atoms with van der Waals surface area (Å²) in [5.74, 6) is 1.47. The van der Waals surface area contributed by atoms with Crippen molar-refractivity contribution >= 4 is 29.1 Å². The fourth-order valence-electron chi connectivity index (χ4n) is 3.18. The maximum Gasteiger partial charge on any atom is 0.272 e. The number of hydrogen-bond donors (Lipinski definition) is 2. The van der Waals surface area contributed by atoms with Crippen LogP contribution < -0.4 is 25.4 Å². The molecule has 3 aromatic rings. The highest BCUT2D eigenvalue weighted by Gasteiger charge is 2.42. The van der Waals surface area contributed by atoms with Crippen LogP contribution in [-0.2, 0) is 9.59 Å². The van der Waals surface area contributed by atoms with Gasteiger partial charge in [0.25, 0.3) is 5.91 Å². The number of ether oxygens (including phenoxy) is 2. The smallest absolute Gasteiger partial charge is 0.272 e. The highest BCUT2D eigenvalue weighted by atomic mass is 16.5. The Kier molecular flexibility index (Phi) is 5.21. The van der Waals surface area contributed by atoms with E-state index in [-0.39, 0.29) is 30.0 Å². The molecule has 4 rings (SSSR count). The van der Waals surface area contributed by atoms with Gasteiger partial charge in [-0.2, -0.15) is 0 Å². The molecular formula is C23H22N4O4. The summed E-state index contributed by atoms with van der Waals surface area (Å²) in [6.07, 6.45) is 0. The van der Waals surface area contributed by atoms with Crippen molar-refractivity contribution in [2.24, 2.45) is 0 Å². The van der Waals surface area contributed by atoms with Crippen molar-refractivity contribution in [1.29, 1.82) is 0 Å². The quantitative estimate of drug-likeness (QED) is 0.656. The number of para-hydroxylation sites is 1. The summed E-state index contributed by atoms with van der Waals surface area (Å²) >= 11 is 0. The van der Waals surface area contributed by atoms with E-state index in [1.807, 2.05) is 30.3 Å². The van der Waals surface area contributed by atoms with E-state index in [0.717, 1.165) is 5.75 Å². The van der Waals surface area contributed by atoms with Gasteiger partial charge in [0.05, 0.1) is 0 Å². The molecular weight excluding hydrogens is 396 g/mol. The van der Waals surface area contributed by atoms with Gasteiger partial charge >= 0.3 is 0 Å². The van der Waals surface area contributed by atoms with Gasteiger partial charge in [-0.15, -0.1) is 0 Å². The molecule has 0 fully saturated rings. The molecule has 0 bridgehead atoms. The Morgan fingerprint density at radius 3 is 2.45 bits per heavy atom. The third-order valence-electron chi connectivity index (χ3n) is 4.66. The minimum atomic E-state index is -1.12. The largest absolute Gasteiger partial charge is 0.474 e. The first-order chi connectivity index (χ1) is 14.8. The molecule has 2 aromatic carbocycles. The Hall–Kier alpha value is -4.07.